The van der Waals surface area contributed by atoms with Gasteiger partial charge in [0, 0.05) is 6.42 Å². The molecular formula is C9H12O4. The number of carbonyl (C=O) groups excluding carboxylic acids is 1. The van der Waals surface area contributed by atoms with Crippen LogP contribution in [0.4, 0.5) is 0 Å². The number of carboxylic acids is 1. The number of hydrogen-bond acceptors (Lipinski definition) is 3. The minimum Gasteiger partial charge on any atom is -0.481 e. The molecule has 4 heteroatoms. The third-order valence-electron chi connectivity index (χ3n) is 1.28. The maximum atomic E-state index is 10.9. The molecule has 0 saturated carbocycles. The van der Waals surface area contributed by atoms with E-state index in [2.05, 4.69) is 5.92 Å². The standard InChI is InChI=1S/C9H12O4/c1-3-4-7(2)13-9(12)6-5-8(10)11/h1,7H,4-6H2,2H3,(H,10,11). The van der Waals surface area contributed by atoms with Gasteiger partial charge in [0.1, 0.15) is 6.10 Å². The maximum absolute atomic E-state index is 10.9. The van der Waals surface area contributed by atoms with Gasteiger partial charge in [-0.15, -0.1) is 12.3 Å². The molecular weight excluding hydrogens is 172 g/mol. The Balaban J connectivity index is 3.63. The first-order chi connectivity index (χ1) is 6.06. The highest BCUT2D eigenvalue weighted by Gasteiger charge is 2.09. The molecule has 0 aromatic rings. The number of rotatable bonds is 5. The van der Waals surface area contributed by atoms with Gasteiger partial charge in [0.25, 0.3) is 0 Å². The Morgan fingerprint density at radius 3 is 2.62 bits per heavy atom. The molecule has 72 valence electrons. The van der Waals surface area contributed by atoms with Gasteiger partial charge in [-0.25, -0.2) is 0 Å². The second-order valence-electron chi connectivity index (χ2n) is 2.60. The smallest absolute Gasteiger partial charge is 0.306 e. The van der Waals surface area contributed by atoms with Gasteiger partial charge in [-0.2, -0.15) is 0 Å². The van der Waals surface area contributed by atoms with E-state index in [0.29, 0.717) is 6.42 Å². The van der Waals surface area contributed by atoms with Crippen molar-refractivity contribution in [1.82, 2.24) is 0 Å². The van der Waals surface area contributed by atoms with Crippen LogP contribution in [0.3, 0.4) is 0 Å². The van der Waals surface area contributed by atoms with E-state index in [1.807, 2.05) is 0 Å². The van der Waals surface area contributed by atoms with Crippen molar-refractivity contribution in [3.8, 4) is 12.3 Å². The highest BCUT2D eigenvalue weighted by atomic mass is 16.5. The summed E-state index contributed by atoms with van der Waals surface area (Å²) in [6, 6.07) is 0. The number of aliphatic carboxylic acids is 1. The lowest BCUT2D eigenvalue weighted by atomic mass is 10.3. The van der Waals surface area contributed by atoms with Gasteiger partial charge in [-0.1, -0.05) is 0 Å². The summed E-state index contributed by atoms with van der Waals surface area (Å²) in [6.45, 7) is 1.67. The molecule has 0 rings (SSSR count). The van der Waals surface area contributed by atoms with Gasteiger partial charge in [0.2, 0.25) is 0 Å². The lowest BCUT2D eigenvalue weighted by Gasteiger charge is -2.08. The van der Waals surface area contributed by atoms with Crippen molar-refractivity contribution in [1.29, 1.82) is 0 Å². The summed E-state index contributed by atoms with van der Waals surface area (Å²) >= 11 is 0. The van der Waals surface area contributed by atoms with Crippen LogP contribution in [-0.2, 0) is 14.3 Å². The zero-order valence-corrected chi connectivity index (χ0v) is 7.45. The molecule has 1 unspecified atom stereocenters. The van der Waals surface area contributed by atoms with Crippen molar-refractivity contribution in [2.24, 2.45) is 0 Å². The molecule has 0 amide bonds. The van der Waals surface area contributed by atoms with E-state index in [4.69, 9.17) is 16.3 Å². The summed E-state index contributed by atoms with van der Waals surface area (Å²) in [5.41, 5.74) is 0. The third kappa shape index (κ3) is 6.88. The first kappa shape index (κ1) is 11.5. The first-order valence-electron chi connectivity index (χ1n) is 3.91. The Kier molecular flexibility index (Phi) is 5.37. The van der Waals surface area contributed by atoms with Crippen molar-refractivity contribution in [2.45, 2.75) is 32.3 Å². The lowest BCUT2D eigenvalue weighted by Crippen LogP contribution is -2.15. The summed E-state index contributed by atoms with van der Waals surface area (Å²) in [4.78, 5) is 21.0. The molecule has 0 aliphatic carbocycles. The van der Waals surface area contributed by atoms with Crippen molar-refractivity contribution < 1.29 is 19.4 Å². The van der Waals surface area contributed by atoms with Gasteiger partial charge in [0.05, 0.1) is 12.8 Å². The number of esters is 1. The van der Waals surface area contributed by atoms with Gasteiger partial charge in [0.15, 0.2) is 0 Å². The average Bonchev–Trinajstić information content (AvgIpc) is 2.01. The van der Waals surface area contributed by atoms with Crippen LogP contribution < -0.4 is 0 Å². The summed E-state index contributed by atoms with van der Waals surface area (Å²) in [7, 11) is 0. The second kappa shape index (κ2) is 6.06. The van der Waals surface area contributed by atoms with E-state index >= 15 is 0 Å². The quantitative estimate of drug-likeness (QED) is 0.507. The molecule has 1 atom stereocenters. The number of carboxylic acid groups (broad SMARTS) is 1. The van der Waals surface area contributed by atoms with E-state index in [1.54, 1.807) is 6.92 Å². The molecule has 0 aromatic carbocycles. The van der Waals surface area contributed by atoms with Gasteiger partial charge >= 0.3 is 11.9 Å². The molecule has 13 heavy (non-hydrogen) atoms. The van der Waals surface area contributed by atoms with E-state index in [-0.39, 0.29) is 18.9 Å². The second-order valence-corrected chi connectivity index (χ2v) is 2.60. The summed E-state index contributed by atoms with van der Waals surface area (Å²) < 4.78 is 4.80. The highest BCUT2D eigenvalue weighted by Crippen LogP contribution is 2.00. The molecule has 0 aliphatic rings. The molecule has 0 aromatic heterocycles. The SMILES string of the molecule is C#CCC(C)OC(=O)CCC(=O)O. The number of carbonyl (C=O) groups is 2. The number of ether oxygens (including phenoxy) is 1. The van der Waals surface area contributed by atoms with Crippen molar-refractivity contribution in [3.05, 3.63) is 0 Å². The Hall–Kier alpha value is -1.50. The number of terminal acetylenes is 1. The zero-order valence-electron chi connectivity index (χ0n) is 7.45. The van der Waals surface area contributed by atoms with E-state index in [0.717, 1.165) is 0 Å². The Morgan fingerprint density at radius 2 is 2.15 bits per heavy atom. The maximum Gasteiger partial charge on any atom is 0.306 e. The van der Waals surface area contributed by atoms with E-state index < -0.39 is 11.9 Å². The Labute approximate surface area is 76.9 Å². The van der Waals surface area contributed by atoms with Gasteiger partial charge in [-0.05, 0) is 6.92 Å². The molecule has 0 fully saturated rings. The van der Waals surface area contributed by atoms with Crippen molar-refractivity contribution >= 4 is 11.9 Å². The number of hydrogen-bond donors (Lipinski definition) is 1. The van der Waals surface area contributed by atoms with Gasteiger partial charge in [-0.3, -0.25) is 9.59 Å². The fraction of sp³-hybridized carbons (Fsp3) is 0.556. The monoisotopic (exact) mass is 184 g/mol. The molecule has 4 nitrogen and oxygen atoms in total. The molecule has 1 N–H and O–H groups in total. The minimum absolute atomic E-state index is 0.107. The van der Waals surface area contributed by atoms with Crippen LogP contribution in [0.25, 0.3) is 0 Å². The Morgan fingerprint density at radius 1 is 1.54 bits per heavy atom. The molecule has 0 heterocycles. The van der Waals surface area contributed by atoms with Gasteiger partial charge < -0.3 is 9.84 Å². The predicted molar refractivity (Wildman–Crippen MR) is 45.9 cm³/mol. The molecule has 0 aliphatic heterocycles. The topological polar surface area (TPSA) is 63.6 Å². The molecule has 0 radical (unpaired) electrons. The predicted octanol–water partition coefficient (Wildman–Crippen LogP) is 0.806. The lowest BCUT2D eigenvalue weighted by molar-refractivity contribution is -0.151. The molecule has 0 saturated heterocycles. The third-order valence-corrected chi connectivity index (χ3v) is 1.28. The fourth-order valence-electron chi connectivity index (χ4n) is 0.700. The van der Waals surface area contributed by atoms with Crippen LogP contribution in [0, 0.1) is 12.3 Å². The molecule has 0 spiro atoms. The zero-order chi connectivity index (χ0) is 10.3. The highest BCUT2D eigenvalue weighted by molar-refractivity contribution is 5.76. The molecule has 0 bridgehead atoms. The van der Waals surface area contributed by atoms with Crippen LogP contribution in [0.5, 0.6) is 0 Å². The van der Waals surface area contributed by atoms with E-state index in [1.165, 1.54) is 0 Å². The van der Waals surface area contributed by atoms with Crippen LogP contribution in [0.15, 0.2) is 0 Å². The van der Waals surface area contributed by atoms with Crippen LogP contribution in [-0.4, -0.2) is 23.1 Å². The van der Waals surface area contributed by atoms with Crippen molar-refractivity contribution in [3.63, 3.8) is 0 Å². The van der Waals surface area contributed by atoms with Crippen molar-refractivity contribution in [2.75, 3.05) is 0 Å². The Bertz CT molecular complexity index is 226. The van der Waals surface area contributed by atoms with Crippen LogP contribution in [0.1, 0.15) is 26.2 Å². The summed E-state index contributed by atoms with van der Waals surface area (Å²) in [5.74, 6) is 0.809. The minimum atomic E-state index is -1.01. The fourth-order valence-corrected chi connectivity index (χ4v) is 0.700. The average molecular weight is 184 g/mol. The van der Waals surface area contributed by atoms with E-state index in [9.17, 15) is 9.59 Å². The summed E-state index contributed by atoms with van der Waals surface area (Å²) in [6.07, 6.45) is 4.68. The largest absolute Gasteiger partial charge is 0.481 e. The first-order valence-corrected chi connectivity index (χ1v) is 3.91. The van der Waals surface area contributed by atoms with Crippen LogP contribution in [0.2, 0.25) is 0 Å². The summed E-state index contributed by atoms with van der Waals surface area (Å²) in [5, 5.41) is 8.26. The van der Waals surface area contributed by atoms with Crippen LogP contribution >= 0.6 is 0 Å². The normalized spacial score (nSPS) is 11.4.